The summed E-state index contributed by atoms with van der Waals surface area (Å²) in [6.07, 6.45) is 2.89. The van der Waals surface area contributed by atoms with Gasteiger partial charge < -0.3 is 19.5 Å². The summed E-state index contributed by atoms with van der Waals surface area (Å²) < 4.78 is 17.8. The number of amides is 1. The van der Waals surface area contributed by atoms with Crippen LogP contribution in [-0.2, 0) is 17.6 Å². The smallest absolute Gasteiger partial charge is 0.257 e. The standard InChI is InChI=1S/C22H21N3O5S/c26-20(10-14-12-31-22-24-17-5-3-4-16(17)21(27)25(14)22)23-8-1-2-9-28-15-6-7-18-19(11-15)30-13-29-18/h6-7,11,14H,3-5,8-10,12-13H2,(H,23,26)/t14-/m1/s1. The fraction of sp³-hybridized carbons (Fsp3) is 0.409. The SMILES string of the molecule is O=C(C[C@@H]1CSc2nc3c(c(=O)n21)CCC3)NCC#CCOc1ccc2c(c1)OCO2. The first kappa shape index (κ1) is 19.8. The predicted octanol–water partition coefficient (Wildman–Crippen LogP) is 1.70. The van der Waals surface area contributed by atoms with E-state index in [-0.39, 0.29) is 43.9 Å². The van der Waals surface area contributed by atoms with Crippen LogP contribution in [0.4, 0.5) is 0 Å². The number of aromatic nitrogens is 2. The summed E-state index contributed by atoms with van der Waals surface area (Å²) in [5.41, 5.74) is 1.79. The number of nitrogens with zero attached hydrogens (tertiary/aromatic N) is 2. The number of hydrogen-bond acceptors (Lipinski definition) is 7. The van der Waals surface area contributed by atoms with E-state index >= 15 is 0 Å². The normalized spacial score (nSPS) is 17.5. The molecule has 5 rings (SSSR count). The molecule has 1 amide bonds. The summed E-state index contributed by atoms with van der Waals surface area (Å²) in [5.74, 6) is 8.32. The van der Waals surface area contributed by atoms with E-state index in [2.05, 4.69) is 22.1 Å². The molecule has 3 aliphatic rings. The Kier molecular flexibility index (Phi) is 5.47. The number of fused-ring (bicyclic) bond motifs is 3. The van der Waals surface area contributed by atoms with Gasteiger partial charge in [0.15, 0.2) is 16.7 Å². The number of aryl methyl sites for hydroxylation is 1. The second kappa shape index (κ2) is 8.55. The first-order valence-corrected chi connectivity index (χ1v) is 11.2. The number of rotatable bonds is 5. The number of hydrogen-bond donors (Lipinski definition) is 1. The summed E-state index contributed by atoms with van der Waals surface area (Å²) in [4.78, 5) is 29.8. The fourth-order valence-electron chi connectivity index (χ4n) is 3.93. The number of ether oxygens (including phenoxy) is 3. The molecular weight excluding hydrogens is 418 g/mol. The van der Waals surface area contributed by atoms with E-state index in [0.29, 0.717) is 23.0 Å². The molecule has 2 aromatic rings. The molecule has 31 heavy (non-hydrogen) atoms. The molecule has 0 bridgehead atoms. The highest BCUT2D eigenvalue weighted by Gasteiger charge is 2.30. The van der Waals surface area contributed by atoms with Crippen LogP contribution in [0.1, 0.15) is 30.1 Å². The zero-order valence-electron chi connectivity index (χ0n) is 16.8. The minimum Gasteiger partial charge on any atom is -0.481 e. The fourth-order valence-corrected chi connectivity index (χ4v) is 5.09. The number of benzene rings is 1. The third-order valence-electron chi connectivity index (χ3n) is 5.45. The lowest BCUT2D eigenvalue weighted by Crippen LogP contribution is -2.32. The second-order valence-electron chi connectivity index (χ2n) is 7.45. The highest BCUT2D eigenvalue weighted by atomic mass is 32.2. The third kappa shape index (κ3) is 4.08. The van der Waals surface area contributed by atoms with E-state index in [1.807, 2.05) is 0 Å². The maximum atomic E-state index is 12.8. The van der Waals surface area contributed by atoms with Crippen LogP contribution < -0.4 is 25.1 Å². The van der Waals surface area contributed by atoms with Crippen LogP contribution in [-0.4, -0.2) is 41.2 Å². The average molecular weight is 439 g/mol. The summed E-state index contributed by atoms with van der Waals surface area (Å²) in [5, 5.41) is 3.53. The average Bonchev–Trinajstić information content (AvgIpc) is 3.50. The Balaban J connectivity index is 1.10. The maximum Gasteiger partial charge on any atom is 0.257 e. The zero-order chi connectivity index (χ0) is 21.2. The Bertz CT molecular complexity index is 1150. The van der Waals surface area contributed by atoms with E-state index in [1.54, 1.807) is 34.5 Å². The van der Waals surface area contributed by atoms with Crippen molar-refractivity contribution in [3.63, 3.8) is 0 Å². The Morgan fingerprint density at radius 2 is 2.19 bits per heavy atom. The monoisotopic (exact) mass is 439 g/mol. The lowest BCUT2D eigenvalue weighted by molar-refractivity contribution is -0.121. The Morgan fingerprint density at radius 1 is 1.29 bits per heavy atom. The van der Waals surface area contributed by atoms with Crippen molar-refractivity contribution in [3.8, 4) is 29.1 Å². The van der Waals surface area contributed by atoms with Gasteiger partial charge >= 0.3 is 0 Å². The van der Waals surface area contributed by atoms with Gasteiger partial charge in [-0.1, -0.05) is 23.6 Å². The van der Waals surface area contributed by atoms with Crippen LogP contribution in [0, 0.1) is 11.8 Å². The van der Waals surface area contributed by atoms with E-state index in [9.17, 15) is 9.59 Å². The molecule has 1 atom stereocenters. The van der Waals surface area contributed by atoms with Crippen molar-refractivity contribution in [2.45, 2.75) is 36.9 Å². The number of thioether (sulfide) groups is 1. The van der Waals surface area contributed by atoms with E-state index in [4.69, 9.17) is 14.2 Å². The summed E-state index contributed by atoms with van der Waals surface area (Å²) in [6, 6.07) is 5.18. The van der Waals surface area contributed by atoms with Gasteiger partial charge in [-0.2, -0.15) is 0 Å². The molecule has 0 radical (unpaired) electrons. The molecule has 3 heterocycles. The minimum atomic E-state index is -0.159. The van der Waals surface area contributed by atoms with Gasteiger partial charge in [-0.05, 0) is 31.4 Å². The van der Waals surface area contributed by atoms with Crippen LogP contribution in [0.2, 0.25) is 0 Å². The third-order valence-corrected chi connectivity index (χ3v) is 6.54. The van der Waals surface area contributed by atoms with Crippen molar-refractivity contribution in [3.05, 3.63) is 39.8 Å². The van der Waals surface area contributed by atoms with Gasteiger partial charge in [-0.15, -0.1) is 0 Å². The van der Waals surface area contributed by atoms with Gasteiger partial charge in [0, 0.05) is 23.8 Å². The van der Waals surface area contributed by atoms with E-state index in [0.717, 1.165) is 35.7 Å². The molecule has 0 saturated heterocycles. The lowest BCUT2D eigenvalue weighted by Gasteiger charge is -2.13. The van der Waals surface area contributed by atoms with Crippen molar-refractivity contribution >= 4 is 17.7 Å². The topological polar surface area (TPSA) is 91.7 Å². The first-order chi connectivity index (χ1) is 15.2. The molecular formula is C22H21N3O5S. The van der Waals surface area contributed by atoms with Crippen molar-refractivity contribution in [2.75, 3.05) is 25.7 Å². The molecule has 1 N–H and O–H groups in total. The first-order valence-electron chi connectivity index (χ1n) is 10.2. The van der Waals surface area contributed by atoms with Crippen molar-refractivity contribution in [1.29, 1.82) is 0 Å². The Hall–Kier alpha value is -3.12. The van der Waals surface area contributed by atoms with Crippen LogP contribution in [0.25, 0.3) is 0 Å². The van der Waals surface area contributed by atoms with Gasteiger partial charge in [0.25, 0.3) is 5.56 Å². The molecule has 0 unspecified atom stereocenters. The highest BCUT2D eigenvalue weighted by Crippen LogP contribution is 2.35. The molecule has 1 aliphatic carbocycles. The van der Waals surface area contributed by atoms with E-state index < -0.39 is 0 Å². The molecule has 0 spiro atoms. The van der Waals surface area contributed by atoms with Crippen molar-refractivity contribution in [2.24, 2.45) is 0 Å². The second-order valence-corrected chi connectivity index (χ2v) is 8.44. The quantitative estimate of drug-likeness (QED) is 0.560. The Morgan fingerprint density at radius 3 is 3.13 bits per heavy atom. The van der Waals surface area contributed by atoms with Gasteiger partial charge in [0.1, 0.15) is 12.4 Å². The van der Waals surface area contributed by atoms with Crippen molar-refractivity contribution in [1.82, 2.24) is 14.9 Å². The molecule has 1 aromatic heterocycles. The van der Waals surface area contributed by atoms with Crippen LogP contribution in [0.5, 0.6) is 17.2 Å². The molecule has 2 aliphatic heterocycles. The zero-order valence-corrected chi connectivity index (χ0v) is 17.6. The van der Waals surface area contributed by atoms with Gasteiger partial charge in [-0.3, -0.25) is 14.2 Å². The number of carbonyl (C=O) groups excluding carboxylic acids is 1. The number of nitrogens with one attached hydrogen (secondary N) is 1. The minimum absolute atomic E-state index is 0.0285. The molecule has 9 heteroatoms. The molecule has 0 saturated carbocycles. The highest BCUT2D eigenvalue weighted by molar-refractivity contribution is 7.99. The van der Waals surface area contributed by atoms with E-state index in [1.165, 1.54) is 0 Å². The molecule has 0 fully saturated rings. The predicted molar refractivity (Wildman–Crippen MR) is 114 cm³/mol. The van der Waals surface area contributed by atoms with Gasteiger partial charge in [-0.25, -0.2) is 4.98 Å². The Labute approximate surface area is 183 Å². The van der Waals surface area contributed by atoms with Gasteiger partial charge in [0.05, 0.1) is 18.3 Å². The summed E-state index contributed by atoms with van der Waals surface area (Å²) in [6.45, 7) is 0.651. The molecule has 160 valence electrons. The van der Waals surface area contributed by atoms with Crippen LogP contribution >= 0.6 is 11.8 Å². The summed E-state index contributed by atoms with van der Waals surface area (Å²) in [7, 11) is 0. The largest absolute Gasteiger partial charge is 0.481 e. The molecule has 8 nitrogen and oxygen atoms in total. The van der Waals surface area contributed by atoms with Gasteiger partial charge in [0.2, 0.25) is 12.7 Å². The maximum absolute atomic E-state index is 12.8. The summed E-state index contributed by atoms with van der Waals surface area (Å²) >= 11 is 1.55. The van der Waals surface area contributed by atoms with Crippen molar-refractivity contribution < 1.29 is 19.0 Å². The lowest BCUT2D eigenvalue weighted by atomic mass is 10.2. The van der Waals surface area contributed by atoms with Crippen LogP contribution in [0.15, 0.2) is 28.2 Å². The van der Waals surface area contributed by atoms with Crippen LogP contribution in [0.3, 0.4) is 0 Å². The molecule has 1 aromatic carbocycles. The number of carbonyl (C=O) groups is 1.